The zero-order valence-electron chi connectivity index (χ0n) is 17.8. The Labute approximate surface area is 169 Å². The van der Waals surface area contributed by atoms with Gasteiger partial charge in [-0.05, 0) is 55.4 Å². The third-order valence-electron chi connectivity index (χ3n) is 6.27. The van der Waals surface area contributed by atoms with Crippen LogP contribution in [-0.4, -0.2) is 42.9 Å². The number of anilines is 2. The summed E-state index contributed by atoms with van der Waals surface area (Å²) < 4.78 is 0. The first-order chi connectivity index (χ1) is 13.3. The fourth-order valence-corrected chi connectivity index (χ4v) is 4.87. The largest absolute Gasteiger partial charge is 0.378 e. The Bertz CT molecular complexity index is 690. The summed E-state index contributed by atoms with van der Waals surface area (Å²) in [5.41, 5.74) is 1.21. The molecule has 1 atom stereocenters. The molecule has 1 aliphatic carbocycles. The van der Waals surface area contributed by atoms with E-state index in [2.05, 4.69) is 19.2 Å². The predicted octanol–water partition coefficient (Wildman–Crippen LogP) is 4.29. The molecule has 2 fully saturated rings. The molecule has 1 heterocycles. The third-order valence-corrected chi connectivity index (χ3v) is 6.27. The van der Waals surface area contributed by atoms with Crippen molar-refractivity contribution >= 4 is 23.2 Å². The molecule has 154 valence electrons. The topological polar surface area (TPSA) is 52.7 Å². The molecule has 28 heavy (non-hydrogen) atoms. The SMILES string of the molecule is CC(C)C[C@H]1CC(=O)N(C2(C(=O)Nc3ccc(N(C)C)cc3)CCCCC2)C1. The van der Waals surface area contributed by atoms with E-state index in [4.69, 9.17) is 0 Å². The number of hydrogen-bond acceptors (Lipinski definition) is 3. The lowest BCUT2D eigenvalue weighted by atomic mass is 9.79. The number of carbonyl (C=O) groups excluding carboxylic acids is 2. The van der Waals surface area contributed by atoms with Gasteiger partial charge in [-0.15, -0.1) is 0 Å². The van der Waals surface area contributed by atoms with Crippen molar-refractivity contribution in [3.05, 3.63) is 24.3 Å². The maximum atomic E-state index is 13.5. The predicted molar refractivity (Wildman–Crippen MR) is 114 cm³/mol. The smallest absolute Gasteiger partial charge is 0.250 e. The van der Waals surface area contributed by atoms with Crippen LogP contribution in [0.4, 0.5) is 11.4 Å². The van der Waals surface area contributed by atoms with E-state index in [9.17, 15) is 9.59 Å². The summed E-state index contributed by atoms with van der Waals surface area (Å²) in [5.74, 6) is 1.09. The lowest BCUT2D eigenvalue weighted by Crippen LogP contribution is -2.58. The molecule has 1 aromatic carbocycles. The van der Waals surface area contributed by atoms with Gasteiger partial charge in [0.25, 0.3) is 0 Å². The maximum Gasteiger partial charge on any atom is 0.250 e. The number of hydrogen-bond donors (Lipinski definition) is 1. The first-order valence-corrected chi connectivity index (χ1v) is 10.7. The van der Waals surface area contributed by atoms with E-state index >= 15 is 0 Å². The van der Waals surface area contributed by atoms with Crippen LogP contribution in [0.1, 0.15) is 58.8 Å². The Morgan fingerprint density at radius 2 is 1.82 bits per heavy atom. The van der Waals surface area contributed by atoms with Crippen LogP contribution in [0.3, 0.4) is 0 Å². The van der Waals surface area contributed by atoms with Gasteiger partial charge in [-0.2, -0.15) is 0 Å². The molecule has 2 amide bonds. The summed E-state index contributed by atoms with van der Waals surface area (Å²) in [4.78, 5) is 30.3. The number of amides is 2. The fourth-order valence-electron chi connectivity index (χ4n) is 4.87. The normalized spacial score (nSPS) is 21.8. The van der Waals surface area contributed by atoms with E-state index in [1.807, 2.05) is 48.2 Å². The number of nitrogens with one attached hydrogen (secondary N) is 1. The lowest BCUT2D eigenvalue weighted by Gasteiger charge is -2.43. The molecule has 0 aromatic heterocycles. The minimum absolute atomic E-state index is 0.0108. The van der Waals surface area contributed by atoms with Crippen LogP contribution in [0.2, 0.25) is 0 Å². The van der Waals surface area contributed by atoms with E-state index in [0.29, 0.717) is 18.3 Å². The van der Waals surface area contributed by atoms with E-state index < -0.39 is 5.54 Å². The Morgan fingerprint density at radius 3 is 2.39 bits per heavy atom. The number of benzene rings is 1. The average Bonchev–Trinajstić information content (AvgIpc) is 3.02. The molecular formula is C23H35N3O2. The molecule has 1 aromatic rings. The first-order valence-electron chi connectivity index (χ1n) is 10.7. The molecule has 3 rings (SSSR count). The van der Waals surface area contributed by atoms with Crippen molar-refractivity contribution < 1.29 is 9.59 Å². The van der Waals surface area contributed by atoms with Crippen molar-refractivity contribution in [1.29, 1.82) is 0 Å². The number of rotatable bonds is 6. The molecule has 1 saturated carbocycles. The summed E-state index contributed by atoms with van der Waals surface area (Å²) in [6.07, 6.45) is 6.33. The van der Waals surface area contributed by atoms with Crippen molar-refractivity contribution in [3.8, 4) is 0 Å². The van der Waals surface area contributed by atoms with Gasteiger partial charge in [0, 0.05) is 38.4 Å². The van der Waals surface area contributed by atoms with Crippen molar-refractivity contribution in [1.82, 2.24) is 4.90 Å². The summed E-state index contributed by atoms with van der Waals surface area (Å²) >= 11 is 0. The van der Waals surface area contributed by atoms with Crippen LogP contribution < -0.4 is 10.2 Å². The first kappa shape index (κ1) is 20.7. The van der Waals surface area contributed by atoms with Gasteiger partial charge >= 0.3 is 0 Å². The van der Waals surface area contributed by atoms with E-state index in [1.54, 1.807) is 0 Å². The minimum Gasteiger partial charge on any atom is -0.378 e. The highest BCUT2D eigenvalue weighted by Gasteiger charge is 2.50. The summed E-state index contributed by atoms with van der Waals surface area (Å²) in [7, 11) is 3.99. The summed E-state index contributed by atoms with van der Waals surface area (Å²) in [5, 5.41) is 3.12. The van der Waals surface area contributed by atoms with Crippen molar-refractivity contribution in [2.75, 3.05) is 30.9 Å². The zero-order valence-corrected chi connectivity index (χ0v) is 17.8. The van der Waals surface area contributed by atoms with Crippen LogP contribution in [-0.2, 0) is 9.59 Å². The average molecular weight is 386 g/mol. The van der Waals surface area contributed by atoms with Crippen molar-refractivity contribution in [2.24, 2.45) is 11.8 Å². The van der Waals surface area contributed by atoms with Gasteiger partial charge in [-0.1, -0.05) is 33.1 Å². The second kappa shape index (κ2) is 8.54. The van der Waals surface area contributed by atoms with Crippen LogP contribution >= 0.6 is 0 Å². The molecule has 1 N–H and O–H groups in total. The minimum atomic E-state index is -0.679. The van der Waals surface area contributed by atoms with E-state index in [-0.39, 0.29) is 11.8 Å². The molecule has 2 aliphatic rings. The molecule has 5 nitrogen and oxygen atoms in total. The van der Waals surface area contributed by atoms with Gasteiger partial charge < -0.3 is 15.1 Å². The Kier molecular flexibility index (Phi) is 6.31. The van der Waals surface area contributed by atoms with Gasteiger partial charge in [-0.25, -0.2) is 0 Å². The Morgan fingerprint density at radius 1 is 1.18 bits per heavy atom. The summed E-state index contributed by atoms with van der Waals surface area (Å²) in [6, 6.07) is 7.89. The van der Waals surface area contributed by atoms with Gasteiger partial charge in [0.05, 0.1) is 0 Å². The van der Waals surface area contributed by atoms with Gasteiger partial charge in [0.2, 0.25) is 11.8 Å². The Balaban J connectivity index is 1.79. The van der Waals surface area contributed by atoms with Crippen LogP contribution in [0.15, 0.2) is 24.3 Å². The molecule has 1 aliphatic heterocycles. The molecule has 0 spiro atoms. The van der Waals surface area contributed by atoms with E-state index in [0.717, 1.165) is 56.4 Å². The zero-order chi connectivity index (χ0) is 20.3. The second-order valence-electron chi connectivity index (χ2n) is 9.19. The molecule has 5 heteroatoms. The van der Waals surface area contributed by atoms with E-state index in [1.165, 1.54) is 0 Å². The Hall–Kier alpha value is -2.04. The highest BCUT2D eigenvalue weighted by Crippen LogP contribution is 2.39. The lowest BCUT2D eigenvalue weighted by molar-refractivity contribution is -0.144. The molecule has 0 unspecified atom stereocenters. The van der Waals surface area contributed by atoms with Crippen molar-refractivity contribution in [3.63, 3.8) is 0 Å². The quantitative estimate of drug-likeness (QED) is 0.795. The van der Waals surface area contributed by atoms with Gasteiger partial charge in [0.15, 0.2) is 0 Å². The van der Waals surface area contributed by atoms with Crippen LogP contribution in [0.5, 0.6) is 0 Å². The molecule has 0 bridgehead atoms. The molecule has 1 saturated heterocycles. The second-order valence-corrected chi connectivity index (χ2v) is 9.19. The number of carbonyl (C=O) groups is 2. The summed E-state index contributed by atoms with van der Waals surface area (Å²) in [6.45, 7) is 5.13. The molecular weight excluding hydrogens is 350 g/mol. The highest BCUT2D eigenvalue weighted by molar-refractivity contribution is 6.01. The third kappa shape index (κ3) is 4.34. The maximum absolute atomic E-state index is 13.5. The fraction of sp³-hybridized carbons (Fsp3) is 0.652. The van der Waals surface area contributed by atoms with Gasteiger partial charge in [-0.3, -0.25) is 9.59 Å². The molecule has 0 radical (unpaired) electrons. The van der Waals surface area contributed by atoms with Gasteiger partial charge in [0.1, 0.15) is 5.54 Å². The highest BCUT2D eigenvalue weighted by atomic mass is 16.2. The standard InChI is InChI=1S/C23H35N3O2/c1-17(2)14-18-15-21(27)26(16-18)23(12-6-5-7-13-23)22(28)24-19-8-10-20(11-9-19)25(3)4/h8-11,17-18H,5-7,12-16H2,1-4H3,(H,24,28)/t18-/m0/s1. The number of nitrogens with zero attached hydrogens (tertiary/aromatic N) is 2. The van der Waals surface area contributed by atoms with Crippen molar-refractivity contribution in [2.45, 2.75) is 64.3 Å². The van der Waals surface area contributed by atoms with Crippen LogP contribution in [0, 0.1) is 11.8 Å². The monoisotopic (exact) mass is 385 g/mol. The number of likely N-dealkylation sites (tertiary alicyclic amines) is 1. The van der Waals surface area contributed by atoms with Crippen LogP contribution in [0.25, 0.3) is 0 Å².